The average molecular weight is 394 g/mol. The second-order valence-electron chi connectivity index (χ2n) is 6.41. The number of esters is 2. The highest BCUT2D eigenvalue weighted by Crippen LogP contribution is 2.24. The molecule has 0 bridgehead atoms. The lowest BCUT2D eigenvalue weighted by molar-refractivity contribution is -0.139. The predicted molar refractivity (Wildman–Crippen MR) is 107 cm³/mol. The first-order valence-corrected chi connectivity index (χ1v) is 9.52. The molecule has 1 aliphatic carbocycles. The van der Waals surface area contributed by atoms with E-state index in [2.05, 4.69) is 9.98 Å². The molecular formula is C20H30N2O6. The van der Waals surface area contributed by atoms with Gasteiger partial charge in [-0.3, -0.25) is 9.98 Å². The number of hydrogen-bond acceptors (Lipinski definition) is 8. The fourth-order valence-corrected chi connectivity index (χ4v) is 2.79. The van der Waals surface area contributed by atoms with Crippen molar-refractivity contribution in [2.45, 2.75) is 65.5 Å². The standard InChI is InChI=1S/C20H30N2O6/c1-5-27-19(25)15(13(3)23)11-21-17-9-7-8-10-18(17)22-12-16(14(4)24)20(26)28-6-2/h11-12,17-18,23-24H,5-10H2,1-4H3/t17-,18-/m0/s1. The second kappa shape index (κ2) is 11.9. The number of ether oxygens (including phenoxy) is 2. The molecule has 1 aliphatic rings. The summed E-state index contributed by atoms with van der Waals surface area (Å²) in [6, 6.07) is -0.424. The molecule has 2 N–H and O–H groups in total. The van der Waals surface area contributed by atoms with Gasteiger partial charge in [0.1, 0.15) is 22.7 Å². The summed E-state index contributed by atoms with van der Waals surface area (Å²) < 4.78 is 9.85. The van der Waals surface area contributed by atoms with E-state index in [1.165, 1.54) is 26.3 Å². The van der Waals surface area contributed by atoms with Crippen molar-refractivity contribution in [3.05, 3.63) is 22.7 Å². The number of allylic oxidation sites excluding steroid dienone is 2. The van der Waals surface area contributed by atoms with Crippen molar-refractivity contribution in [3.8, 4) is 0 Å². The summed E-state index contributed by atoms with van der Waals surface area (Å²) in [5, 5.41) is 19.5. The van der Waals surface area contributed by atoms with Crippen LogP contribution in [0, 0.1) is 0 Å². The summed E-state index contributed by atoms with van der Waals surface area (Å²) in [4.78, 5) is 32.7. The molecule has 0 aliphatic heterocycles. The van der Waals surface area contributed by atoms with Crippen molar-refractivity contribution in [2.24, 2.45) is 9.98 Å². The van der Waals surface area contributed by atoms with Crippen molar-refractivity contribution >= 4 is 24.4 Å². The molecule has 156 valence electrons. The summed E-state index contributed by atoms with van der Waals surface area (Å²) in [5.41, 5.74) is 0.0157. The van der Waals surface area contributed by atoms with Gasteiger partial charge in [-0.15, -0.1) is 0 Å². The van der Waals surface area contributed by atoms with Crippen LogP contribution in [0.5, 0.6) is 0 Å². The van der Waals surface area contributed by atoms with Gasteiger partial charge in [-0.2, -0.15) is 0 Å². The zero-order chi connectivity index (χ0) is 21.1. The normalized spacial score (nSPS) is 22.0. The molecule has 1 rings (SSSR count). The highest BCUT2D eigenvalue weighted by atomic mass is 16.5. The maximum absolute atomic E-state index is 11.9. The maximum Gasteiger partial charge on any atom is 0.343 e. The number of aliphatic imine (C=N–C) groups is 2. The highest BCUT2D eigenvalue weighted by Gasteiger charge is 2.25. The van der Waals surface area contributed by atoms with Gasteiger partial charge in [-0.1, -0.05) is 12.8 Å². The van der Waals surface area contributed by atoms with E-state index in [0.717, 1.165) is 25.7 Å². The van der Waals surface area contributed by atoms with Crippen molar-refractivity contribution in [1.29, 1.82) is 0 Å². The third-order valence-electron chi connectivity index (χ3n) is 4.25. The Labute approximate surface area is 165 Å². The Morgan fingerprint density at radius 3 is 1.50 bits per heavy atom. The molecule has 28 heavy (non-hydrogen) atoms. The van der Waals surface area contributed by atoms with Gasteiger partial charge in [0, 0.05) is 12.4 Å². The minimum atomic E-state index is -0.634. The van der Waals surface area contributed by atoms with Crippen LogP contribution >= 0.6 is 0 Å². The van der Waals surface area contributed by atoms with Crippen LogP contribution in [-0.2, 0) is 19.1 Å². The smallest absolute Gasteiger partial charge is 0.343 e. The molecule has 0 aromatic heterocycles. The average Bonchev–Trinajstić information content (AvgIpc) is 2.63. The fourth-order valence-electron chi connectivity index (χ4n) is 2.79. The molecule has 1 fully saturated rings. The molecular weight excluding hydrogens is 364 g/mol. The van der Waals surface area contributed by atoms with Crippen molar-refractivity contribution in [1.82, 2.24) is 0 Å². The molecule has 8 heteroatoms. The second-order valence-corrected chi connectivity index (χ2v) is 6.41. The number of hydrogen-bond donors (Lipinski definition) is 2. The molecule has 0 unspecified atom stereocenters. The zero-order valence-electron chi connectivity index (χ0n) is 17.0. The summed E-state index contributed by atoms with van der Waals surface area (Å²) in [7, 11) is 0. The van der Waals surface area contributed by atoms with Crippen molar-refractivity contribution < 1.29 is 29.3 Å². The molecule has 8 nitrogen and oxygen atoms in total. The van der Waals surface area contributed by atoms with E-state index in [-0.39, 0.29) is 48.0 Å². The van der Waals surface area contributed by atoms with Gasteiger partial charge < -0.3 is 19.7 Å². The van der Waals surface area contributed by atoms with E-state index >= 15 is 0 Å². The third kappa shape index (κ3) is 7.17. The van der Waals surface area contributed by atoms with Gasteiger partial charge in [0.2, 0.25) is 0 Å². The summed E-state index contributed by atoms with van der Waals surface area (Å²) >= 11 is 0. The van der Waals surface area contributed by atoms with Crippen LogP contribution in [0.4, 0.5) is 0 Å². The van der Waals surface area contributed by atoms with Gasteiger partial charge in [-0.05, 0) is 40.5 Å². The lowest BCUT2D eigenvalue weighted by Crippen LogP contribution is -2.28. The van der Waals surface area contributed by atoms with Crippen LogP contribution in [0.3, 0.4) is 0 Å². The number of carbonyl (C=O) groups is 2. The molecule has 0 spiro atoms. The molecule has 0 heterocycles. The lowest BCUT2D eigenvalue weighted by Gasteiger charge is -2.25. The Morgan fingerprint density at radius 2 is 1.21 bits per heavy atom. The summed E-state index contributed by atoms with van der Waals surface area (Å²) in [6.45, 7) is 6.56. The first-order chi connectivity index (χ1) is 13.3. The minimum absolute atomic E-state index is 0.00784. The lowest BCUT2D eigenvalue weighted by atomic mass is 9.91. The Balaban J connectivity index is 3.00. The summed E-state index contributed by atoms with van der Waals surface area (Å²) in [5.74, 6) is -1.60. The van der Waals surface area contributed by atoms with Gasteiger partial charge in [0.15, 0.2) is 0 Å². The van der Waals surface area contributed by atoms with Gasteiger partial charge in [0.25, 0.3) is 0 Å². The van der Waals surface area contributed by atoms with E-state index in [1.807, 2.05) is 0 Å². The van der Waals surface area contributed by atoms with Crippen LogP contribution in [0.1, 0.15) is 53.4 Å². The zero-order valence-corrected chi connectivity index (χ0v) is 17.0. The SMILES string of the molecule is CCOC(=O)C(C=N[C@H]1CCCC[C@@H]1N=CC(C(=O)OCC)=C(C)O)=C(C)O. The largest absolute Gasteiger partial charge is 0.512 e. The van der Waals surface area contributed by atoms with Crippen molar-refractivity contribution in [3.63, 3.8) is 0 Å². The van der Waals surface area contributed by atoms with E-state index in [1.54, 1.807) is 13.8 Å². The Kier molecular flexibility index (Phi) is 9.98. The molecule has 0 aromatic carbocycles. The fraction of sp³-hybridized carbons (Fsp3) is 0.600. The third-order valence-corrected chi connectivity index (χ3v) is 4.25. The topological polar surface area (TPSA) is 118 Å². The molecule has 0 amide bonds. The van der Waals surface area contributed by atoms with Gasteiger partial charge >= 0.3 is 11.9 Å². The Bertz CT molecular complexity index is 612. The number of rotatable bonds is 8. The van der Waals surface area contributed by atoms with Crippen LogP contribution < -0.4 is 0 Å². The highest BCUT2D eigenvalue weighted by molar-refractivity contribution is 6.10. The molecule has 0 aromatic rings. The van der Waals surface area contributed by atoms with Crippen LogP contribution in [0.25, 0.3) is 0 Å². The summed E-state index contributed by atoms with van der Waals surface area (Å²) in [6.07, 6.45) is 6.09. The number of aliphatic hydroxyl groups excluding tert-OH is 2. The van der Waals surface area contributed by atoms with E-state index in [4.69, 9.17) is 9.47 Å². The molecule has 2 atom stereocenters. The van der Waals surface area contributed by atoms with Crippen LogP contribution in [-0.4, -0.2) is 59.9 Å². The van der Waals surface area contributed by atoms with E-state index < -0.39 is 11.9 Å². The molecule has 0 radical (unpaired) electrons. The maximum atomic E-state index is 11.9. The van der Waals surface area contributed by atoms with Gasteiger partial charge in [-0.25, -0.2) is 9.59 Å². The monoisotopic (exact) mass is 394 g/mol. The Morgan fingerprint density at radius 1 is 0.857 bits per heavy atom. The molecule has 0 saturated heterocycles. The van der Waals surface area contributed by atoms with Crippen LogP contribution in [0.15, 0.2) is 32.6 Å². The minimum Gasteiger partial charge on any atom is -0.512 e. The van der Waals surface area contributed by atoms with E-state index in [0.29, 0.717) is 0 Å². The quantitative estimate of drug-likeness (QED) is 0.282. The Hall–Kier alpha value is -2.64. The van der Waals surface area contributed by atoms with Crippen LogP contribution in [0.2, 0.25) is 0 Å². The number of aliphatic hydroxyl groups is 2. The first-order valence-electron chi connectivity index (χ1n) is 9.52. The van der Waals surface area contributed by atoms with Crippen molar-refractivity contribution in [2.75, 3.05) is 13.2 Å². The number of carbonyl (C=O) groups excluding carboxylic acids is 2. The van der Waals surface area contributed by atoms with E-state index in [9.17, 15) is 19.8 Å². The predicted octanol–water partition coefficient (Wildman–Crippen LogP) is 3.23. The molecule has 1 saturated carbocycles. The number of nitrogens with zero attached hydrogens (tertiary/aromatic N) is 2. The first kappa shape index (κ1) is 23.4. The van der Waals surface area contributed by atoms with Gasteiger partial charge in [0.05, 0.1) is 25.3 Å².